The molecule has 1 amide bonds. The summed E-state index contributed by atoms with van der Waals surface area (Å²) in [4.78, 5) is 21.1. The molecule has 1 saturated heterocycles. The molecule has 0 aliphatic carbocycles. The number of ether oxygens (including phenoxy) is 1. The molecule has 184 valence electrons. The summed E-state index contributed by atoms with van der Waals surface area (Å²) in [5.41, 5.74) is 3.15. The Hall–Kier alpha value is -2.32. The molecule has 1 aliphatic rings. The van der Waals surface area contributed by atoms with E-state index in [9.17, 15) is 4.79 Å². The van der Waals surface area contributed by atoms with Crippen LogP contribution in [0.15, 0.2) is 53.9 Å². The summed E-state index contributed by atoms with van der Waals surface area (Å²) in [5, 5.41) is 6.62. The van der Waals surface area contributed by atoms with E-state index in [1.807, 2.05) is 53.9 Å². The third-order valence-electron chi connectivity index (χ3n) is 6.27. The second-order valence-electron chi connectivity index (χ2n) is 8.68. The van der Waals surface area contributed by atoms with Crippen molar-refractivity contribution in [1.82, 2.24) is 9.88 Å². The molecule has 1 N–H and O–H groups in total. The van der Waals surface area contributed by atoms with Crippen LogP contribution in [0.1, 0.15) is 53.5 Å². The van der Waals surface area contributed by atoms with E-state index in [2.05, 4.69) is 10.2 Å². The Balaban J connectivity index is 1.34. The smallest absolute Gasteiger partial charge is 0.275 e. The number of piperidine rings is 1. The van der Waals surface area contributed by atoms with Crippen LogP contribution >= 0.6 is 35.2 Å². The predicted octanol–water partition coefficient (Wildman–Crippen LogP) is 7.04. The van der Waals surface area contributed by atoms with Crippen molar-refractivity contribution in [2.45, 2.75) is 38.0 Å². The van der Waals surface area contributed by atoms with Gasteiger partial charge >= 0.3 is 0 Å². The number of hydrogen-bond acceptors (Lipinski definition) is 5. The fourth-order valence-electron chi connectivity index (χ4n) is 4.30. The number of methoxy groups -OCH3 is 1. The maximum Gasteiger partial charge on any atom is 0.275 e. The van der Waals surface area contributed by atoms with Gasteiger partial charge in [-0.3, -0.25) is 4.79 Å². The van der Waals surface area contributed by atoms with E-state index < -0.39 is 0 Å². The summed E-state index contributed by atoms with van der Waals surface area (Å²) in [5.74, 6) is 0.180. The fraction of sp³-hybridized carbons (Fsp3) is 0.370. The lowest BCUT2D eigenvalue weighted by molar-refractivity contribution is 0.102. The minimum atomic E-state index is -0.191. The molecule has 3 aromatic rings. The lowest BCUT2D eigenvalue weighted by Crippen LogP contribution is -2.36. The topological polar surface area (TPSA) is 54.5 Å². The zero-order chi connectivity index (χ0) is 24.6. The van der Waals surface area contributed by atoms with Crippen LogP contribution in [0.5, 0.6) is 0 Å². The van der Waals surface area contributed by atoms with Crippen LogP contribution in [0, 0.1) is 0 Å². The monoisotopic (exact) mass is 527 g/mol. The number of carbonyl (C=O) groups excluding carboxylic acids is 1. The van der Waals surface area contributed by atoms with Crippen molar-refractivity contribution in [3.63, 3.8) is 0 Å². The first-order chi connectivity index (χ1) is 17.0. The van der Waals surface area contributed by atoms with Gasteiger partial charge in [0.25, 0.3) is 5.91 Å². The maximum atomic E-state index is 13.0. The molecule has 5 nitrogen and oxygen atoms in total. The third kappa shape index (κ3) is 6.88. The Kier molecular flexibility index (Phi) is 9.26. The van der Waals surface area contributed by atoms with E-state index in [-0.39, 0.29) is 5.91 Å². The first-order valence-corrected chi connectivity index (χ1v) is 13.6. The first-order valence-electron chi connectivity index (χ1n) is 11.9. The quantitative estimate of drug-likeness (QED) is 0.239. The summed E-state index contributed by atoms with van der Waals surface area (Å²) in [7, 11) is 1.73. The molecule has 0 spiro atoms. The maximum absolute atomic E-state index is 13.0. The van der Waals surface area contributed by atoms with Gasteiger partial charge in [0.15, 0.2) is 0 Å². The molecule has 1 aromatic heterocycles. The number of benzene rings is 2. The number of thiocarbonyl (C=S) groups is 1. The second kappa shape index (κ2) is 12.6. The van der Waals surface area contributed by atoms with Crippen LogP contribution in [0.4, 0.5) is 5.69 Å². The van der Waals surface area contributed by atoms with Crippen LogP contribution in [0.2, 0.25) is 5.02 Å². The second-order valence-corrected chi connectivity index (χ2v) is 10.5. The first kappa shape index (κ1) is 25.8. The van der Waals surface area contributed by atoms with Gasteiger partial charge in [0, 0.05) is 54.4 Å². The van der Waals surface area contributed by atoms with Gasteiger partial charge in [0.05, 0.1) is 10.00 Å². The highest BCUT2D eigenvalue weighted by Crippen LogP contribution is 2.32. The average molecular weight is 528 g/mol. The van der Waals surface area contributed by atoms with Crippen molar-refractivity contribution < 1.29 is 9.53 Å². The molecule has 0 saturated carbocycles. The van der Waals surface area contributed by atoms with Gasteiger partial charge in [0.2, 0.25) is 0 Å². The largest absolute Gasteiger partial charge is 0.385 e. The minimum Gasteiger partial charge on any atom is -0.385 e. The number of aromatic nitrogens is 1. The number of nitrogens with one attached hydrogen (secondary N) is 1. The Bertz CT molecular complexity index is 1140. The molecule has 8 heteroatoms. The average Bonchev–Trinajstić information content (AvgIpc) is 3.38. The lowest BCUT2D eigenvalue weighted by Gasteiger charge is -2.33. The molecule has 0 atom stereocenters. The number of amides is 1. The number of rotatable bonds is 9. The number of halogens is 1. The zero-order valence-corrected chi connectivity index (χ0v) is 22.2. The number of para-hydroxylation sites is 1. The molecule has 0 radical (unpaired) electrons. The van der Waals surface area contributed by atoms with Gasteiger partial charge in [-0.15, -0.1) is 11.3 Å². The summed E-state index contributed by atoms with van der Waals surface area (Å²) in [6.07, 6.45) is 5.07. The highest BCUT2D eigenvalue weighted by atomic mass is 35.5. The van der Waals surface area contributed by atoms with E-state index in [0.717, 1.165) is 78.6 Å². The number of unbranched alkanes of at least 4 members (excludes halogenated alkanes) is 1. The molecule has 1 fully saturated rings. The molecule has 1 aliphatic heterocycles. The van der Waals surface area contributed by atoms with Gasteiger partial charge in [0.1, 0.15) is 5.69 Å². The summed E-state index contributed by atoms with van der Waals surface area (Å²) >= 11 is 13.3. The summed E-state index contributed by atoms with van der Waals surface area (Å²) in [6.45, 7) is 2.68. The molecule has 4 rings (SSSR count). The van der Waals surface area contributed by atoms with Crippen molar-refractivity contribution >= 4 is 51.7 Å². The van der Waals surface area contributed by atoms with Crippen molar-refractivity contribution in [3.8, 4) is 11.1 Å². The van der Waals surface area contributed by atoms with Crippen LogP contribution in [-0.4, -0.2) is 47.6 Å². The van der Waals surface area contributed by atoms with Crippen molar-refractivity contribution in [2.75, 3.05) is 32.1 Å². The Morgan fingerprint density at radius 1 is 1.17 bits per heavy atom. The number of thiazole rings is 1. The van der Waals surface area contributed by atoms with Crippen molar-refractivity contribution in [1.29, 1.82) is 0 Å². The SMILES string of the molecule is COCCCCC(=S)N1CCC(c2nc(C(=O)Nc3ccccc3-c3ccc(Cl)cc3)cs2)CC1. The highest BCUT2D eigenvalue weighted by molar-refractivity contribution is 7.80. The number of hydrogen-bond donors (Lipinski definition) is 1. The highest BCUT2D eigenvalue weighted by Gasteiger charge is 2.25. The van der Waals surface area contributed by atoms with E-state index >= 15 is 0 Å². The molecule has 2 aromatic carbocycles. The number of nitrogens with zero attached hydrogens (tertiary/aromatic N) is 2. The normalized spacial score (nSPS) is 14.2. The van der Waals surface area contributed by atoms with Gasteiger partial charge in [-0.2, -0.15) is 0 Å². The number of anilines is 1. The van der Waals surface area contributed by atoms with E-state index in [1.54, 1.807) is 18.4 Å². The van der Waals surface area contributed by atoms with Crippen LogP contribution < -0.4 is 5.32 Å². The van der Waals surface area contributed by atoms with E-state index in [4.69, 9.17) is 33.5 Å². The summed E-state index contributed by atoms with van der Waals surface area (Å²) in [6, 6.07) is 15.4. The molecule has 2 heterocycles. The van der Waals surface area contributed by atoms with E-state index in [0.29, 0.717) is 16.6 Å². The van der Waals surface area contributed by atoms with Crippen LogP contribution in [0.25, 0.3) is 11.1 Å². The predicted molar refractivity (Wildman–Crippen MR) is 149 cm³/mol. The van der Waals surface area contributed by atoms with E-state index in [1.165, 1.54) is 0 Å². The van der Waals surface area contributed by atoms with Crippen molar-refractivity contribution in [2.24, 2.45) is 0 Å². The van der Waals surface area contributed by atoms with Crippen LogP contribution in [0.3, 0.4) is 0 Å². The van der Waals surface area contributed by atoms with Gasteiger partial charge in [-0.05, 0) is 55.9 Å². The fourth-order valence-corrected chi connectivity index (χ4v) is 5.72. The zero-order valence-electron chi connectivity index (χ0n) is 19.8. The molecule has 0 unspecified atom stereocenters. The standard InChI is InChI=1S/C27H30ClN3O2S2/c1-33-17-5-4-8-25(34)31-15-13-20(14-16-31)27-30-24(18-35-27)26(32)29-23-7-3-2-6-22(23)19-9-11-21(28)12-10-19/h2-3,6-7,9-12,18,20H,4-5,8,13-17H2,1H3,(H,29,32). The molecular weight excluding hydrogens is 498 g/mol. The Morgan fingerprint density at radius 2 is 1.91 bits per heavy atom. The number of likely N-dealkylation sites (tertiary alicyclic amines) is 1. The van der Waals surface area contributed by atoms with Gasteiger partial charge < -0.3 is 15.0 Å². The Morgan fingerprint density at radius 3 is 2.66 bits per heavy atom. The molecular formula is C27H30ClN3O2S2. The summed E-state index contributed by atoms with van der Waals surface area (Å²) < 4.78 is 5.12. The third-order valence-corrected chi connectivity index (χ3v) is 7.99. The lowest BCUT2D eigenvalue weighted by atomic mass is 9.97. The molecule has 0 bridgehead atoms. The molecule has 35 heavy (non-hydrogen) atoms. The van der Waals surface area contributed by atoms with Crippen LogP contribution in [-0.2, 0) is 4.74 Å². The van der Waals surface area contributed by atoms with Crippen molar-refractivity contribution in [3.05, 3.63) is 69.6 Å². The van der Waals surface area contributed by atoms with Gasteiger partial charge in [-0.25, -0.2) is 4.98 Å². The number of carbonyl (C=O) groups is 1. The van der Waals surface area contributed by atoms with Gasteiger partial charge in [-0.1, -0.05) is 54.2 Å². The minimum absolute atomic E-state index is 0.191. The Labute approximate surface area is 221 Å².